The van der Waals surface area contributed by atoms with Gasteiger partial charge in [-0.25, -0.2) is 0 Å². The van der Waals surface area contributed by atoms with Gasteiger partial charge < -0.3 is 9.84 Å². The first-order valence-corrected chi connectivity index (χ1v) is 7.83. The molecule has 0 atom stereocenters. The van der Waals surface area contributed by atoms with Crippen LogP contribution >= 0.6 is 0 Å². The summed E-state index contributed by atoms with van der Waals surface area (Å²) in [6, 6.07) is 12.1. The number of benzene rings is 2. The maximum absolute atomic E-state index is 11.9. The van der Waals surface area contributed by atoms with Crippen LogP contribution in [0.1, 0.15) is 23.1 Å². The van der Waals surface area contributed by atoms with Crippen molar-refractivity contribution in [3.63, 3.8) is 0 Å². The zero-order valence-electron chi connectivity index (χ0n) is 14.2. The number of carbonyl (C=O) groups is 2. The fraction of sp³-hybridized carbons (Fsp3) is 0.143. The van der Waals surface area contributed by atoms with Gasteiger partial charge in [-0.2, -0.15) is 0 Å². The summed E-state index contributed by atoms with van der Waals surface area (Å²) in [5.41, 5.74) is 2.63. The van der Waals surface area contributed by atoms with Crippen molar-refractivity contribution in [3.8, 4) is 11.5 Å². The van der Waals surface area contributed by atoms with Crippen molar-refractivity contribution >= 4 is 23.7 Å². The van der Waals surface area contributed by atoms with Crippen LogP contribution in [0.3, 0.4) is 0 Å². The Morgan fingerprint density at radius 2 is 1.52 bits per heavy atom. The van der Waals surface area contributed by atoms with E-state index in [1.54, 1.807) is 31.4 Å². The van der Waals surface area contributed by atoms with Crippen LogP contribution < -0.4 is 4.74 Å². The van der Waals surface area contributed by atoms with Crippen molar-refractivity contribution < 1.29 is 19.4 Å². The average molecular weight is 336 g/mol. The summed E-state index contributed by atoms with van der Waals surface area (Å²) in [4.78, 5) is 23.7. The average Bonchev–Trinajstić information content (AvgIpc) is 2.60. The fourth-order valence-electron chi connectivity index (χ4n) is 2.19. The molecule has 0 fully saturated rings. The van der Waals surface area contributed by atoms with Crippen LogP contribution in [0.2, 0.25) is 0 Å². The van der Waals surface area contributed by atoms with Gasteiger partial charge in [0.25, 0.3) is 0 Å². The Morgan fingerprint density at radius 3 is 2.12 bits per heavy atom. The third-order valence-corrected chi connectivity index (χ3v) is 3.60. The highest BCUT2D eigenvalue weighted by molar-refractivity contribution is 6.10. The molecule has 0 aliphatic rings. The van der Waals surface area contributed by atoms with E-state index in [0.717, 1.165) is 22.4 Å². The van der Waals surface area contributed by atoms with Gasteiger partial charge in [-0.1, -0.05) is 36.4 Å². The van der Waals surface area contributed by atoms with Crippen LogP contribution in [0.15, 0.2) is 54.6 Å². The smallest absolute Gasteiger partial charge is 0.163 e. The number of hydrogen-bond donors (Lipinski definition) is 1. The van der Waals surface area contributed by atoms with Crippen LogP contribution in [-0.2, 0) is 9.59 Å². The van der Waals surface area contributed by atoms with Crippen molar-refractivity contribution in [1.82, 2.24) is 0 Å². The number of phenolic OH excluding ortho intramolecular Hbond substituents is 1. The highest BCUT2D eigenvalue weighted by Gasteiger charge is 2.04. The summed E-state index contributed by atoms with van der Waals surface area (Å²) in [6.07, 6.45) is 5.86. The van der Waals surface area contributed by atoms with E-state index < -0.39 is 0 Å². The van der Waals surface area contributed by atoms with E-state index in [0.29, 0.717) is 0 Å². The van der Waals surface area contributed by atoms with Crippen LogP contribution in [0, 0.1) is 6.92 Å². The Kier molecular flexibility index (Phi) is 6.29. The predicted octanol–water partition coefficient (Wildman–Crippen LogP) is 3.96. The molecule has 2 aromatic rings. The Balaban J connectivity index is 1.92. The second-order valence-corrected chi connectivity index (χ2v) is 5.60. The molecular weight excluding hydrogens is 316 g/mol. The lowest BCUT2D eigenvalue weighted by Gasteiger charge is -2.04. The largest absolute Gasteiger partial charge is 0.508 e. The van der Waals surface area contributed by atoms with Crippen molar-refractivity contribution in [1.29, 1.82) is 0 Å². The molecule has 0 aliphatic heterocycles. The molecule has 0 spiro atoms. The van der Waals surface area contributed by atoms with Crippen molar-refractivity contribution in [2.45, 2.75) is 13.3 Å². The summed E-state index contributed by atoms with van der Waals surface area (Å²) in [7, 11) is 1.60. The SMILES string of the molecule is COc1cc(/C=C/C(=O)CC(=O)/C=C/c2ccc(O)cc2)ccc1C. The third-order valence-electron chi connectivity index (χ3n) is 3.60. The predicted molar refractivity (Wildman–Crippen MR) is 98.5 cm³/mol. The van der Waals surface area contributed by atoms with Gasteiger partial charge in [0.1, 0.15) is 11.5 Å². The van der Waals surface area contributed by atoms with Gasteiger partial charge >= 0.3 is 0 Å². The molecule has 0 radical (unpaired) electrons. The number of ether oxygens (including phenoxy) is 1. The first kappa shape index (κ1) is 18.2. The molecule has 0 amide bonds. The lowest BCUT2D eigenvalue weighted by molar-refractivity contribution is -0.121. The zero-order valence-corrected chi connectivity index (χ0v) is 14.2. The number of ketones is 2. The van der Waals surface area contributed by atoms with Gasteiger partial charge in [-0.3, -0.25) is 9.59 Å². The highest BCUT2D eigenvalue weighted by atomic mass is 16.5. The van der Waals surface area contributed by atoms with Gasteiger partial charge in [0.05, 0.1) is 13.5 Å². The molecule has 0 heterocycles. The molecule has 4 heteroatoms. The monoisotopic (exact) mass is 336 g/mol. The Bertz CT molecular complexity index is 814. The normalized spacial score (nSPS) is 11.1. The molecule has 2 aromatic carbocycles. The van der Waals surface area contributed by atoms with Gasteiger partial charge in [0.15, 0.2) is 11.6 Å². The quantitative estimate of drug-likeness (QED) is 0.614. The molecule has 0 saturated carbocycles. The summed E-state index contributed by atoms with van der Waals surface area (Å²) in [5.74, 6) is 0.378. The first-order chi connectivity index (χ1) is 12.0. The molecule has 25 heavy (non-hydrogen) atoms. The van der Waals surface area contributed by atoms with Gasteiger partial charge in [0, 0.05) is 0 Å². The van der Waals surface area contributed by atoms with Crippen LogP contribution in [0.5, 0.6) is 11.5 Å². The van der Waals surface area contributed by atoms with E-state index in [-0.39, 0.29) is 23.7 Å². The van der Waals surface area contributed by atoms with E-state index >= 15 is 0 Å². The molecule has 0 aliphatic carbocycles. The van der Waals surface area contributed by atoms with E-state index in [1.807, 2.05) is 25.1 Å². The molecule has 0 aromatic heterocycles. The van der Waals surface area contributed by atoms with E-state index in [2.05, 4.69) is 0 Å². The van der Waals surface area contributed by atoms with Crippen molar-refractivity contribution in [3.05, 3.63) is 71.3 Å². The maximum atomic E-state index is 11.9. The van der Waals surface area contributed by atoms with E-state index in [1.165, 1.54) is 24.3 Å². The van der Waals surface area contributed by atoms with Crippen LogP contribution in [0.4, 0.5) is 0 Å². The number of allylic oxidation sites excluding steroid dienone is 2. The maximum Gasteiger partial charge on any atom is 0.163 e. The topological polar surface area (TPSA) is 63.6 Å². The highest BCUT2D eigenvalue weighted by Crippen LogP contribution is 2.19. The lowest BCUT2D eigenvalue weighted by Crippen LogP contribution is -2.01. The van der Waals surface area contributed by atoms with E-state index in [4.69, 9.17) is 4.74 Å². The first-order valence-electron chi connectivity index (χ1n) is 7.83. The van der Waals surface area contributed by atoms with Crippen LogP contribution in [0.25, 0.3) is 12.2 Å². The molecule has 0 bridgehead atoms. The van der Waals surface area contributed by atoms with Crippen LogP contribution in [-0.4, -0.2) is 23.8 Å². The second-order valence-electron chi connectivity index (χ2n) is 5.60. The minimum absolute atomic E-state index is 0.163. The Hall–Kier alpha value is -3.14. The molecular formula is C21H20O4. The number of aryl methyl sites for hydroxylation is 1. The number of phenols is 1. The van der Waals surface area contributed by atoms with E-state index in [9.17, 15) is 14.7 Å². The van der Waals surface area contributed by atoms with Crippen molar-refractivity contribution in [2.75, 3.05) is 7.11 Å². The fourth-order valence-corrected chi connectivity index (χ4v) is 2.19. The molecule has 128 valence electrons. The summed E-state index contributed by atoms with van der Waals surface area (Å²) < 4.78 is 5.24. The third kappa shape index (κ3) is 5.77. The molecule has 4 nitrogen and oxygen atoms in total. The molecule has 0 saturated heterocycles. The number of carbonyl (C=O) groups excluding carboxylic acids is 2. The Labute approximate surface area is 147 Å². The number of aromatic hydroxyl groups is 1. The zero-order chi connectivity index (χ0) is 18.2. The molecule has 2 rings (SSSR count). The summed E-state index contributed by atoms with van der Waals surface area (Å²) >= 11 is 0. The van der Waals surface area contributed by atoms with Gasteiger partial charge in [-0.05, 0) is 54.0 Å². The molecule has 1 N–H and O–H groups in total. The minimum Gasteiger partial charge on any atom is -0.508 e. The Morgan fingerprint density at radius 1 is 0.960 bits per heavy atom. The number of rotatable bonds is 7. The number of hydrogen-bond acceptors (Lipinski definition) is 4. The second kappa shape index (κ2) is 8.64. The van der Waals surface area contributed by atoms with Gasteiger partial charge in [-0.15, -0.1) is 0 Å². The minimum atomic E-state index is -0.274. The molecule has 0 unspecified atom stereocenters. The standard InChI is InChI=1S/C21H20O4/c1-15-3-4-17(13-21(15)25-2)8-12-20(24)14-19(23)11-7-16-5-9-18(22)10-6-16/h3-13,22H,14H2,1-2H3/b11-7+,12-8+. The summed E-state index contributed by atoms with van der Waals surface area (Å²) in [6.45, 7) is 1.94. The summed E-state index contributed by atoms with van der Waals surface area (Å²) in [5, 5.41) is 9.20. The van der Waals surface area contributed by atoms with Gasteiger partial charge in [0.2, 0.25) is 0 Å². The van der Waals surface area contributed by atoms with Crippen molar-refractivity contribution in [2.24, 2.45) is 0 Å². The lowest BCUT2D eigenvalue weighted by atomic mass is 10.1. The number of methoxy groups -OCH3 is 1.